The lowest BCUT2D eigenvalue weighted by molar-refractivity contribution is -0.238. The highest BCUT2D eigenvalue weighted by Gasteiger charge is 2.62. The normalized spacial score (nSPS) is 27.2. The molecular formula is C68H114N14O31. The highest BCUT2D eigenvalue weighted by molar-refractivity contribution is 5.77. The van der Waals surface area contributed by atoms with Crippen LogP contribution in [-0.4, -0.2) is 400 Å². The van der Waals surface area contributed by atoms with Crippen molar-refractivity contribution in [2.24, 2.45) is 5.73 Å². The van der Waals surface area contributed by atoms with Gasteiger partial charge in [0.25, 0.3) is 0 Å². The van der Waals surface area contributed by atoms with Crippen LogP contribution in [0.3, 0.4) is 0 Å². The van der Waals surface area contributed by atoms with E-state index < -0.39 is 96.0 Å². The first-order valence-electron chi connectivity index (χ1n) is 37.9. The van der Waals surface area contributed by atoms with Crippen molar-refractivity contribution in [1.29, 1.82) is 0 Å². The average molecular weight is 1620 g/mol. The van der Waals surface area contributed by atoms with E-state index >= 15 is 0 Å². The maximum Gasteiger partial charge on any atom is 0.220 e. The van der Waals surface area contributed by atoms with Crippen molar-refractivity contribution >= 4 is 23.6 Å². The summed E-state index contributed by atoms with van der Waals surface area (Å²) in [6, 6.07) is -2.71. The van der Waals surface area contributed by atoms with Crippen molar-refractivity contribution in [3.05, 3.63) is 35.7 Å². The third-order valence-corrected chi connectivity index (χ3v) is 18.6. The first kappa shape index (κ1) is 91.1. The Bertz CT molecular complexity index is 2940. The van der Waals surface area contributed by atoms with E-state index in [-0.39, 0.29) is 156 Å². The molecule has 12 N–H and O–H groups in total. The van der Waals surface area contributed by atoms with Gasteiger partial charge in [0, 0.05) is 27.2 Å². The molecule has 0 unspecified atom stereocenters. The predicted molar refractivity (Wildman–Crippen MR) is 378 cm³/mol. The standard InChI is InChI=1S/C68H114N14O31/c1-46(83)70-53-56(87)59(90)66(43-108-62(53)111-66)40-102-28-25-99-22-19-96-16-13-93-10-7-80-31-49(74-77-80)34-105-37-65(73-52(86)5-4-6-69,38-106-35-50-32-81(78-75-50)8-11-94-14-17-97-20-23-100-26-29-103-41-67-44-109-63(112-67)54(71-47(2)84)57(88)60(67)91)39-107-36-51-33-82(79-76-51)9-12-95-15-18-98-21-24-101-27-30-104-42-68-45-110-64(113-68)55(72-48(3)85)58(89)61(68)92/h31-33,53-64,87-92H,4-30,34-45,69H2,1-3H3,(H,70,83)(H,71,84)(H,72,85)(H,73,86)/t53-,54-,55-,56-,57-,58-,59-,60-,61-,62+,63+,64+,66+,67+,68+/m1/s1. The highest BCUT2D eigenvalue weighted by atomic mass is 16.8. The maximum absolute atomic E-state index is 13.6. The Kier molecular flexibility index (Phi) is 38.3. The van der Waals surface area contributed by atoms with Gasteiger partial charge in [-0.3, -0.25) is 19.2 Å². The molecule has 6 fully saturated rings. The summed E-state index contributed by atoms with van der Waals surface area (Å²) in [5.41, 5.74) is 2.27. The number of hydrogen-bond acceptors (Lipinski definition) is 38. The van der Waals surface area contributed by atoms with Crippen molar-refractivity contribution in [2.45, 2.75) is 169 Å². The van der Waals surface area contributed by atoms with Gasteiger partial charge in [-0.05, 0) is 13.0 Å². The Morgan fingerprint density at radius 2 is 0.690 bits per heavy atom. The molecule has 15 atom stereocenters. The number of hydrogen-bond donors (Lipinski definition) is 11. The number of nitrogens with two attached hydrogens (primary N) is 1. The van der Waals surface area contributed by atoms with Crippen LogP contribution in [0.1, 0.15) is 50.7 Å². The van der Waals surface area contributed by atoms with E-state index in [1.165, 1.54) is 20.8 Å². The van der Waals surface area contributed by atoms with Gasteiger partial charge in [0.2, 0.25) is 23.6 Å². The van der Waals surface area contributed by atoms with Crippen LogP contribution in [0.2, 0.25) is 0 Å². The molecule has 9 heterocycles. The minimum atomic E-state index is -1.34. The number of nitrogens with one attached hydrogen (secondary N) is 4. The number of aliphatic hydroxyl groups excluding tert-OH is 6. The molecule has 3 aromatic heterocycles. The fourth-order valence-electron chi connectivity index (χ4n) is 12.9. The van der Waals surface area contributed by atoms with E-state index in [4.69, 9.17) is 105 Å². The lowest BCUT2D eigenvalue weighted by Crippen LogP contribution is -2.66. The molecule has 0 saturated carbocycles. The summed E-state index contributed by atoms with van der Waals surface area (Å²) in [6.07, 6.45) is -4.91. The molecule has 45 nitrogen and oxygen atoms in total. The average Bonchev–Trinajstić information content (AvgIpc) is 1.66. The van der Waals surface area contributed by atoms with E-state index in [9.17, 15) is 49.8 Å². The van der Waals surface area contributed by atoms with Gasteiger partial charge in [-0.25, -0.2) is 14.0 Å². The van der Waals surface area contributed by atoms with Crippen molar-refractivity contribution in [3.63, 3.8) is 0 Å². The van der Waals surface area contributed by atoms with E-state index in [1.807, 2.05) is 0 Å². The zero-order valence-electron chi connectivity index (χ0n) is 64.2. The van der Waals surface area contributed by atoms with Gasteiger partial charge in [0.05, 0.1) is 256 Å². The summed E-state index contributed by atoms with van der Waals surface area (Å²) in [4.78, 5) is 48.3. The lowest BCUT2D eigenvalue weighted by atomic mass is 9.88. The number of ether oxygens (including phenoxy) is 21. The van der Waals surface area contributed by atoms with Crippen LogP contribution in [0.15, 0.2) is 18.6 Å². The first-order chi connectivity index (χ1) is 54.7. The van der Waals surface area contributed by atoms with Crippen LogP contribution < -0.4 is 27.0 Å². The number of amides is 4. The predicted octanol–water partition coefficient (Wildman–Crippen LogP) is -7.74. The van der Waals surface area contributed by atoms with Gasteiger partial charge < -0.3 is 157 Å². The fraction of sp³-hybridized carbons (Fsp3) is 0.853. The number of rotatable bonds is 61. The van der Waals surface area contributed by atoms with Crippen molar-refractivity contribution in [2.75, 3.05) is 205 Å². The minimum absolute atomic E-state index is 0.00630. The SMILES string of the molecule is CC(=O)N[C@H]1[C@H]2OC[C@](COCCOCCOCCOCCn3cc(COCC(COCc4cn(CCOCCOCCOCCOC[C@@]56CO[C@@H](O5)[C@H](NC(C)=O)[C@@H](O)[C@H]6O)nn4)(COCc4cn(CCOCCOCCOCCOC[C@@]56CO[C@@H](O5)[C@H](NC(C)=O)[C@@H](O)[C@H]6O)nn4)NC(=O)CCCN)nn3)(O2)[C@H](O)[C@@H]1O. The number of aliphatic hydroxyl groups is 6. The summed E-state index contributed by atoms with van der Waals surface area (Å²) < 4.78 is 126. The molecule has 0 spiro atoms. The van der Waals surface area contributed by atoms with E-state index in [0.29, 0.717) is 142 Å². The summed E-state index contributed by atoms with van der Waals surface area (Å²) in [7, 11) is 0. The van der Waals surface area contributed by atoms with Crippen LogP contribution in [0.4, 0.5) is 0 Å². The Balaban J connectivity index is 0.652. The van der Waals surface area contributed by atoms with Crippen molar-refractivity contribution in [3.8, 4) is 0 Å². The molecule has 3 aromatic rings. The topological polar surface area (TPSA) is 550 Å². The largest absolute Gasteiger partial charge is 0.388 e. The fourth-order valence-corrected chi connectivity index (χ4v) is 12.9. The van der Waals surface area contributed by atoms with Crippen LogP contribution in [0.5, 0.6) is 0 Å². The lowest BCUT2D eigenvalue weighted by Gasteiger charge is -2.42. The second-order valence-electron chi connectivity index (χ2n) is 27.9. The van der Waals surface area contributed by atoms with Gasteiger partial charge in [-0.2, -0.15) is 0 Å². The molecule has 0 aromatic carbocycles. The van der Waals surface area contributed by atoms with Crippen LogP contribution in [-0.2, 0) is 158 Å². The van der Waals surface area contributed by atoms with Crippen LogP contribution >= 0.6 is 0 Å². The Morgan fingerprint density at radius 1 is 0.425 bits per heavy atom. The molecular weight excluding hydrogens is 1510 g/mol. The Morgan fingerprint density at radius 3 is 0.956 bits per heavy atom. The smallest absolute Gasteiger partial charge is 0.220 e. The number of carbonyl (C=O) groups is 4. The number of fused-ring (bicyclic) bond motifs is 6. The number of nitrogens with zero attached hydrogens (tertiary/aromatic N) is 9. The molecule has 6 saturated heterocycles. The van der Waals surface area contributed by atoms with Crippen molar-refractivity contribution in [1.82, 2.24) is 66.2 Å². The summed E-state index contributed by atoms with van der Waals surface area (Å²) in [6.45, 7) is 10.8. The monoisotopic (exact) mass is 1620 g/mol. The molecule has 6 aliphatic rings. The Hall–Kier alpha value is -5.82. The van der Waals surface area contributed by atoms with E-state index in [1.54, 1.807) is 32.6 Å². The number of carbonyl (C=O) groups excluding carboxylic acids is 4. The molecule has 0 radical (unpaired) electrons. The van der Waals surface area contributed by atoms with Crippen molar-refractivity contribution < 1.29 is 149 Å². The van der Waals surface area contributed by atoms with Gasteiger partial charge in [0.1, 0.15) is 94.2 Å². The maximum atomic E-state index is 13.6. The molecule has 642 valence electrons. The van der Waals surface area contributed by atoms with E-state index in [2.05, 4.69) is 52.2 Å². The zero-order valence-corrected chi connectivity index (χ0v) is 64.2. The zero-order chi connectivity index (χ0) is 80.3. The second kappa shape index (κ2) is 47.5. The molecule has 113 heavy (non-hydrogen) atoms. The molecule has 6 aliphatic heterocycles. The molecule has 4 amide bonds. The van der Waals surface area contributed by atoms with Crippen LogP contribution in [0.25, 0.3) is 0 Å². The van der Waals surface area contributed by atoms with Gasteiger partial charge >= 0.3 is 0 Å². The second-order valence-corrected chi connectivity index (χ2v) is 27.9. The number of aromatic nitrogens is 9. The minimum Gasteiger partial charge on any atom is -0.388 e. The van der Waals surface area contributed by atoms with Crippen LogP contribution in [0, 0.1) is 0 Å². The van der Waals surface area contributed by atoms with Gasteiger partial charge in [-0.1, -0.05) is 15.6 Å². The summed E-state index contributed by atoms with van der Waals surface area (Å²) >= 11 is 0. The van der Waals surface area contributed by atoms with Gasteiger partial charge in [0.15, 0.2) is 18.9 Å². The van der Waals surface area contributed by atoms with E-state index in [0.717, 1.165) is 0 Å². The van der Waals surface area contributed by atoms with Gasteiger partial charge in [-0.15, -0.1) is 15.3 Å². The highest BCUT2D eigenvalue weighted by Crippen LogP contribution is 2.40. The third kappa shape index (κ3) is 28.5. The summed E-state index contributed by atoms with van der Waals surface area (Å²) in [5, 5.41) is 100. The molecule has 0 aliphatic carbocycles. The molecule has 45 heteroatoms. The molecule has 6 bridgehead atoms. The third-order valence-electron chi connectivity index (χ3n) is 18.6. The molecule has 9 rings (SSSR count). The summed E-state index contributed by atoms with van der Waals surface area (Å²) in [5.74, 6) is -1.47. The Labute approximate surface area is 652 Å². The first-order valence-corrected chi connectivity index (χ1v) is 37.9. The quantitative estimate of drug-likeness (QED) is 0.0234.